The smallest absolute Gasteiger partial charge is 0.414 e. The van der Waals surface area contributed by atoms with Gasteiger partial charge in [0, 0.05) is 11.6 Å². The summed E-state index contributed by atoms with van der Waals surface area (Å²) in [5, 5.41) is 15.5. The summed E-state index contributed by atoms with van der Waals surface area (Å²) in [6.45, 7) is 9.19. The summed E-state index contributed by atoms with van der Waals surface area (Å²) in [5.74, 6) is -2.78. The lowest BCUT2D eigenvalue weighted by atomic mass is 10.1. The predicted octanol–water partition coefficient (Wildman–Crippen LogP) is 3.50. The Bertz CT molecular complexity index is 632. The van der Waals surface area contributed by atoms with Crippen molar-refractivity contribution >= 4 is 23.5 Å². The molecule has 0 unspecified atom stereocenters. The number of nitrogens with zero attached hydrogens (tertiary/aromatic N) is 1. The van der Waals surface area contributed by atoms with Crippen molar-refractivity contribution in [3.63, 3.8) is 0 Å². The average Bonchev–Trinajstić information content (AvgIpc) is 2.95. The Morgan fingerprint density at radius 3 is 2.31 bits per heavy atom. The molecule has 29 heavy (non-hydrogen) atoms. The number of hydrogen-bond acceptors (Lipinski definition) is 5. The molecule has 162 valence electrons. The van der Waals surface area contributed by atoms with Crippen LogP contribution in [0.4, 0.5) is 0 Å². The zero-order valence-electron chi connectivity index (χ0n) is 16.6. The molecule has 0 spiro atoms. The van der Waals surface area contributed by atoms with Crippen LogP contribution in [-0.4, -0.2) is 66.5 Å². The fourth-order valence-corrected chi connectivity index (χ4v) is 3.06. The molecule has 2 rings (SSSR count). The van der Waals surface area contributed by atoms with Crippen LogP contribution in [0.25, 0.3) is 0 Å². The van der Waals surface area contributed by atoms with E-state index in [1.54, 1.807) is 0 Å². The van der Waals surface area contributed by atoms with Gasteiger partial charge in [-0.3, -0.25) is 0 Å². The van der Waals surface area contributed by atoms with E-state index < -0.39 is 11.9 Å². The van der Waals surface area contributed by atoms with Crippen LogP contribution >= 0.6 is 11.6 Å². The Morgan fingerprint density at radius 1 is 1.07 bits per heavy atom. The van der Waals surface area contributed by atoms with Gasteiger partial charge in [0.2, 0.25) is 0 Å². The summed E-state index contributed by atoms with van der Waals surface area (Å²) in [6.07, 6.45) is 8.01. The van der Waals surface area contributed by atoms with Gasteiger partial charge in [-0.2, -0.15) is 0 Å². The van der Waals surface area contributed by atoms with E-state index in [0.717, 1.165) is 35.9 Å². The zero-order chi connectivity index (χ0) is 21.5. The molecule has 1 aromatic carbocycles. The minimum Gasteiger partial charge on any atom is -0.491 e. The highest BCUT2D eigenvalue weighted by Crippen LogP contribution is 2.23. The van der Waals surface area contributed by atoms with Gasteiger partial charge in [-0.25, -0.2) is 9.59 Å². The van der Waals surface area contributed by atoms with Crippen LogP contribution in [0, 0.1) is 0 Å². The third-order valence-corrected chi connectivity index (χ3v) is 4.54. The number of rotatable bonds is 9. The van der Waals surface area contributed by atoms with E-state index in [0.29, 0.717) is 13.2 Å². The van der Waals surface area contributed by atoms with E-state index in [2.05, 4.69) is 11.5 Å². The van der Waals surface area contributed by atoms with Gasteiger partial charge in [-0.1, -0.05) is 30.5 Å². The summed E-state index contributed by atoms with van der Waals surface area (Å²) in [4.78, 5) is 20.7. The predicted molar refractivity (Wildman–Crippen MR) is 112 cm³/mol. The molecule has 0 radical (unpaired) electrons. The number of aliphatic carboxylic acids is 2. The number of allylic oxidation sites excluding steroid dienone is 1. The van der Waals surface area contributed by atoms with Gasteiger partial charge in [0.25, 0.3) is 0 Å². The molecule has 0 bridgehead atoms. The highest BCUT2D eigenvalue weighted by Gasteiger charge is 2.08. The van der Waals surface area contributed by atoms with E-state index in [9.17, 15) is 0 Å². The maximum atomic E-state index is 9.10. The van der Waals surface area contributed by atoms with Crippen molar-refractivity contribution in [3.05, 3.63) is 41.4 Å². The number of carboxylic acid groups (broad SMARTS) is 2. The summed E-state index contributed by atoms with van der Waals surface area (Å²) >= 11 is 6.02. The molecule has 1 saturated heterocycles. The first kappa shape index (κ1) is 24.9. The summed E-state index contributed by atoms with van der Waals surface area (Å²) < 4.78 is 11.5. The van der Waals surface area contributed by atoms with Crippen LogP contribution in [0.2, 0.25) is 5.02 Å². The molecule has 0 atom stereocenters. The average molecular weight is 428 g/mol. The first-order valence-corrected chi connectivity index (χ1v) is 10.1. The van der Waals surface area contributed by atoms with Gasteiger partial charge in [0.05, 0.1) is 13.2 Å². The van der Waals surface area contributed by atoms with Crippen molar-refractivity contribution in [2.75, 3.05) is 39.5 Å². The monoisotopic (exact) mass is 427 g/mol. The SMILES string of the molecule is C=CCc1cc(Cl)ccc1OCCOCCN1CCCCCC1.O=C(O)C(=O)O. The molecular weight excluding hydrogens is 398 g/mol. The van der Waals surface area contributed by atoms with Gasteiger partial charge in [0.15, 0.2) is 0 Å². The second kappa shape index (κ2) is 14.8. The van der Waals surface area contributed by atoms with Crippen LogP contribution in [0.1, 0.15) is 31.2 Å². The van der Waals surface area contributed by atoms with Gasteiger partial charge in [0.1, 0.15) is 12.4 Å². The summed E-state index contributed by atoms with van der Waals surface area (Å²) in [5.41, 5.74) is 1.07. The van der Waals surface area contributed by atoms with Crippen molar-refractivity contribution in [1.29, 1.82) is 0 Å². The molecule has 0 amide bonds. The molecule has 0 aliphatic carbocycles. The van der Waals surface area contributed by atoms with Crippen molar-refractivity contribution in [2.24, 2.45) is 0 Å². The quantitative estimate of drug-likeness (QED) is 0.353. The number of carbonyl (C=O) groups is 2. The lowest BCUT2D eigenvalue weighted by molar-refractivity contribution is -0.159. The number of hydrogen-bond donors (Lipinski definition) is 2. The fourth-order valence-electron chi connectivity index (χ4n) is 2.87. The van der Waals surface area contributed by atoms with Gasteiger partial charge < -0.3 is 24.6 Å². The van der Waals surface area contributed by atoms with Gasteiger partial charge in [-0.05, 0) is 56.1 Å². The van der Waals surface area contributed by atoms with Crippen LogP contribution in [-0.2, 0) is 20.7 Å². The molecule has 7 nitrogen and oxygen atoms in total. The third-order valence-electron chi connectivity index (χ3n) is 4.31. The molecule has 1 aliphatic heterocycles. The number of carboxylic acids is 2. The van der Waals surface area contributed by atoms with Crippen molar-refractivity contribution in [2.45, 2.75) is 32.1 Å². The zero-order valence-corrected chi connectivity index (χ0v) is 17.4. The Hall–Kier alpha value is -2.09. The molecule has 2 N–H and O–H groups in total. The summed E-state index contributed by atoms with van der Waals surface area (Å²) in [7, 11) is 0. The highest BCUT2D eigenvalue weighted by atomic mass is 35.5. The highest BCUT2D eigenvalue weighted by molar-refractivity contribution is 6.30. The lowest BCUT2D eigenvalue weighted by Gasteiger charge is -2.19. The van der Waals surface area contributed by atoms with Crippen LogP contribution < -0.4 is 4.74 Å². The lowest BCUT2D eigenvalue weighted by Crippen LogP contribution is -2.29. The topological polar surface area (TPSA) is 96.3 Å². The number of likely N-dealkylation sites (tertiary alicyclic amines) is 1. The molecule has 8 heteroatoms. The fraction of sp³-hybridized carbons (Fsp3) is 0.524. The van der Waals surface area contributed by atoms with Gasteiger partial charge >= 0.3 is 11.9 Å². The first-order valence-electron chi connectivity index (χ1n) is 9.72. The van der Waals surface area contributed by atoms with Gasteiger partial charge in [-0.15, -0.1) is 6.58 Å². The standard InChI is InChI=1S/C19H28ClNO2.C2H2O4/c1-2-7-17-16-18(20)8-9-19(17)23-15-14-22-13-12-21-10-5-3-4-6-11-21;3-1(4)2(5)6/h2,8-9,16H,1,3-7,10-15H2;(H,3,4)(H,5,6). The second-order valence-electron chi connectivity index (χ2n) is 6.57. The van der Waals surface area contributed by atoms with E-state index in [-0.39, 0.29) is 0 Å². The second-order valence-corrected chi connectivity index (χ2v) is 7.01. The molecule has 1 aliphatic rings. The molecular formula is C21H30ClNO6. The Labute approximate surface area is 176 Å². The summed E-state index contributed by atoms with van der Waals surface area (Å²) in [6, 6.07) is 5.70. The first-order chi connectivity index (χ1) is 13.9. The van der Waals surface area contributed by atoms with Crippen LogP contribution in [0.3, 0.4) is 0 Å². The Balaban J connectivity index is 0.000000612. The minimum atomic E-state index is -1.82. The molecule has 1 aromatic rings. The van der Waals surface area contributed by atoms with Crippen molar-refractivity contribution in [1.82, 2.24) is 4.90 Å². The van der Waals surface area contributed by atoms with E-state index in [1.807, 2.05) is 24.3 Å². The maximum absolute atomic E-state index is 9.10. The maximum Gasteiger partial charge on any atom is 0.414 e. The third kappa shape index (κ3) is 11.5. The molecule has 1 fully saturated rings. The molecule has 0 saturated carbocycles. The Morgan fingerprint density at radius 2 is 1.72 bits per heavy atom. The number of ether oxygens (including phenoxy) is 2. The number of halogens is 1. The van der Waals surface area contributed by atoms with Crippen molar-refractivity contribution < 1.29 is 29.3 Å². The molecule has 1 heterocycles. The van der Waals surface area contributed by atoms with E-state index in [1.165, 1.54) is 38.8 Å². The largest absolute Gasteiger partial charge is 0.491 e. The van der Waals surface area contributed by atoms with Crippen LogP contribution in [0.15, 0.2) is 30.9 Å². The number of benzene rings is 1. The van der Waals surface area contributed by atoms with E-state index in [4.69, 9.17) is 40.9 Å². The minimum absolute atomic E-state index is 0.561. The Kier molecular flexibility index (Phi) is 12.8. The van der Waals surface area contributed by atoms with Crippen LogP contribution in [0.5, 0.6) is 5.75 Å². The van der Waals surface area contributed by atoms with Crippen molar-refractivity contribution in [3.8, 4) is 5.75 Å². The molecule has 0 aromatic heterocycles. The normalized spacial score (nSPS) is 14.2. The van der Waals surface area contributed by atoms with E-state index >= 15 is 0 Å².